The molecule has 1 fully saturated rings. The van der Waals surface area contributed by atoms with Gasteiger partial charge in [-0.3, -0.25) is 4.79 Å². The molecule has 0 saturated carbocycles. The molecule has 0 unspecified atom stereocenters. The van der Waals surface area contributed by atoms with Crippen molar-refractivity contribution in [3.8, 4) is 28.6 Å². The number of aromatic hydroxyl groups is 2. The number of phenolic OH excluding ortho intramolecular Hbond substituents is 2. The van der Waals surface area contributed by atoms with E-state index in [4.69, 9.17) is 18.3 Å². The highest BCUT2D eigenvalue weighted by molar-refractivity contribution is 6.09. The molecule has 0 radical (unpaired) electrons. The molecule has 2 aromatic heterocycles. The third kappa shape index (κ3) is 3.89. The van der Waals surface area contributed by atoms with Gasteiger partial charge in [0.15, 0.2) is 23.0 Å². The number of rotatable bonds is 4. The highest BCUT2D eigenvalue weighted by Gasteiger charge is 2.45. The fraction of sp³-hybridized carbons (Fsp3) is 0.292. The van der Waals surface area contributed by atoms with Crippen molar-refractivity contribution in [1.29, 1.82) is 0 Å². The summed E-state index contributed by atoms with van der Waals surface area (Å²) < 4.78 is 23.3. The van der Waals surface area contributed by atoms with Gasteiger partial charge in [-0.05, 0) is 31.2 Å². The molecule has 3 heterocycles. The molecular formula is C24H23O11+. The minimum atomic E-state index is -1.69. The van der Waals surface area contributed by atoms with Crippen LogP contribution in [0.1, 0.15) is 5.76 Å². The maximum atomic E-state index is 10.5. The van der Waals surface area contributed by atoms with Crippen LogP contribution in [-0.2, 0) is 4.74 Å². The van der Waals surface area contributed by atoms with Crippen molar-refractivity contribution in [3.63, 3.8) is 0 Å². The third-order valence-corrected chi connectivity index (χ3v) is 5.92. The predicted molar refractivity (Wildman–Crippen MR) is 119 cm³/mol. The zero-order chi connectivity index (χ0) is 25.0. The molecule has 0 amide bonds. The molecular weight excluding hydrogens is 464 g/mol. The lowest BCUT2D eigenvalue weighted by Gasteiger charge is -2.39. The van der Waals surface area contributed by atoms with Crippen LogP contribution in [0.3, 0.4) is 0 Å². The van der Waals surface area contributed by atoms with E-state index in [1.807, 2.05) is 0 Å². The average molecular weight is 487 g/mol. The first kappa shape index (κ1) is 23.1. The van der Waals surface area contributed by atoms with Gasteiger partial charge >= 0.3 is 5.43 Å². The Morgan fingerprint density at radius 3 is 2.31 bits per heavy atom. The number of hydrogen-bond donors (Lipinski definition) is 6. The molecule has 11 nitrogen and oxygen atoms in total. The molecule has 35 heavy (non-hydrogen) atoms. The Labute approximate surface area is 196 Å². The first-order valence-electron chi connectivity index (χ1n) is 10.7. The van der Waals surface area contributed by atoms with Crippen molar-refractivity contribution in [3.05, 3.63) is 47.6 Å². The summed E-state index contributed by atoms with van der Waals surface area (Å²) in [6, 6.07) is 8.30. The van der Waals surface area contributed by atoms with E-state index in [0.717, 1.165) is 0 Å². The van der Waals surface area contributed by atoms with E-state index < -0.39 is 43.1 Å². The first-order valence-corrected chi connectivity index (χ1v) is 10.7. The minimum absolute atomic E-state index is 0.0153. The van der Waals surface area contributed by atoms with Gasteiger partial charge in [0.05, 0.1) is 24.1 Å². The monoisotopic (exact) mass is 487 g/mol. The van der Waals surface area contributed by atoms with Gasteiger partial charge in [-0.2, -0.15) is 0 Å². The van der Waals surface area contributed by atoms with Crippen LogP contribution in [0.15, 0.2) is 45.2 Å². The Morgan fingerprint density at radius 2 is 1.63 bits per heavy atom. The van der Waals surface area contributed by atoms with Crippen LogP contribution in [0, 0.1) is 6.92 Å². The number of aryl methyl sites for hydroxylation is 1. The Morgan fingerprint density at radius 1 is 0.914 bits per heavy atom. The molecule has 5 rings (SSSR count). The number of aliphatic hydroxyl groups is 4. The fourth-order valence-electron chi connectivity index (χ4n) is 4.19. The normalized spacial score (nSPS) is 24.8. The minimum Gasteiger partial charge on any atom is -0.504 e. The van der Waals surface area contributed by atoms with Crippen LogP contribution in [0.25, 0.3) is 33.3 Å². The molecule has 7 N–H and O–H groups in total. The molecule has 0 aliphatic carbocycles. The summed E-state index contributed by atoms with van der Waals surface area (Å²) in [7, 11) is 0. The van der Waals surface area contributed by atoms with Crippen molar-refractivity contribution >= 4 is 21.9 Å². The van der Waals surface area contributed by atoms with E-state index in [1.54, 1.807) is 13.0 Å². The molecule has 11 heteroatoms. The number of hydrogen-bond acceptors (Lipinski definition) is 10. The Hall–Kier alpha value is -3.61. The zero-order valence-electron chi connectivity index (χ0n) is 18.3. The maximum absolute atomic E-state index is 10.5. The molecule has 5 atom stereocenters. The van der Waals surface area contributed by atoms with Crippen molar-refractivity contribution in [2.75, 3.05) is 6.61 Å². The van der Waals surface area contributed by atoms with Gasteiger partial charge in [-0.1, -0.05) is 0 Å². The second-order valence-electron chi connectivity index (χ2n) is 8.37. The second-order valence-corrected chi connectivity index (χ2v) is 8.37. The summed E-state index contributed by atoms with van der Waals surface area (Å²) in [5.74, 6) is -0.314. The summed E-state index contributed by atoms with van der Waals surface area (Å²) in [4.78, 5) is 10.2. The summed E-state index contributed by atoms with van der Waals surface area (Å²) in [6.45, 7) is 1.03. The fourth-order valence-corrected chi connectivity index (χ4v) is 4.19. The Kier molecular flexibility index (Phi) is 5.66. The van der Waals surface area contributed by atoms with Crippen molar-refractivity contribution in [1.82, 2.24) is 0 Å². The summed E-state index contributed by atoms with van der Waals surface area (Å²) in [6.07, 6.45) is -7.68. The number of aliphatic hydroxyl groups excluding tert-OH is 4. The molecule has 0 bridgehead atoms. The average Bonchev–Trinajstić information content (AvgIpc) is 2.81. The van der Waals surface area contributed by atoms with E-state index >= 15 is 0 Å². The van der Waals surface area contributed by atoms with Crippen molar-refractivity contribution < 1.29 is 53.7 Å². The molecule has 184 valence electrons. The second kappa shape index (κ2) is 8.56. The van der Waals surface area contributed by atoms with Gasteiger partial charge in [-0.25, -0.2) is 0 Å². The maximum Gasteiger partial charge on any atom is 0.347 e. The SMILES string of the molecule is Cc1cc2c(O[C@@H]3O[C@H](CO)[C@@H](O)[C@H](O)[C@H]3O)c(-c3ccc(O)c(O)c3)oc3cc(=[OH+])cc(o1)c32. The van der Waals surface area contributed by atoms with E-state index in [9.17, 15) is 35.4 Å². The Bertz CT molecular complexity index is 1470. The van der Waals surface area contributed by atoms with Gasteiger partial charge in [-0.15, -0.1) is 0 Å². The van der Waals surface area contributed by atoms with E-state index in [1.165, 1.54) is 30.3 Å². The van der Waals surface area contributed by atoms with Gasteiger partial charge in [0, 0.05) is 10.9 Å². The highest BCUT2D eigenvalue weighted by atomic mass is 16.7. The molecule has 0 spiro atoms. The van der Waals surface area contributed by atoms with E-state index in [0.29, 0.717) is 16.5 Å². The molecule has 1 saturated heterocycles. The molecule has 4 aromatic rings. The lowest BCUT2D eigenvalue weighted by molar-refractivity contribution is -0.277. The number of ether oxygens (including phenoxy) is 2. The number of phenols is 2. The number of benzene rings is 2. The predicted octanol–water partition coefficient (Wildman–Crippen LogP) is 0.749. The van der Waals surface area contributed by atoms with E-state index in [2.05, 4.69) is 0 Å². The Balaban J connectivity index is 1.77. The lowest BCUT2D eigenvalue weighted by atomic mass is 9.99. The zero-order valence-corrected chi connectivity index (χ0v) is 18.3. The third-order valence-electron chi connectivity index (χ3n) is 5.92. The smallest absolute Gasteiger partial charge is 0.347 e. The van der Waals surface area contributed by atoms with Crippen LogP contribution in [0.4, 0.5) is 0 Å². The molecule has 1 aliphatic rings. The lowest BCUT2D eigenvalue weighted by Crippen LogP contribution is -2.60. The summed E-state index contributed by atoms with van der Waals surface area (Å²) in [5, 5.41) is 61.1. The standard InChI is InChI=1S/C24H22O11/c1-9-4-12-18-15(32-9)6-11(26)7-16(18)33-22(10-2-3-13(27)14(28)5-10)23(12)35-24-21(31)20(30)19(29)17(8-25)34-24/h2-7,17,19-21,24-25,27-31H,8H2,1H3/p+1/t17-,19-,20+,21-,24+/m1/s1. The van der Waals surface area contributed by atoms with Gasteiger partial charge in [0.1, 0.15) is 41.3 Å². The topological polar surface area (TPSA) is 188 Å². The van der Waals surface area contributed by atoms with Crippen LogP contribution < -0.4 is 10.2 Å². The van der Waals surface area contributed by atoms with Crippen molar-refractivity contribution in [2.24, 2.45) is 0 Å². The van der Waals surface area contributed by atoms with Crippen molar-refractivity contribution in [2.45, 2.75) is 37.6 Å². The summed E-state index contributed by atoms with van der Waals surface area (Å²) in [5.41, 5.74) is 0.624. The molecule has 1 aliphatic heterocycles. The molecule has 2 aromatic carbocycles. The quantitative estimate of drug-likeness (QED) is 0.177. The van der Waals surface area contributed by atoms with Crippen LogP contribution in [-0.4, -0.2) is 72.7 Å². The van der Waals surface area contributed by atoms with Gasteiger partial charge < -0.3 is 48.9 Å². The van der Waals surface area contributed by atoms with Crippen LogP contribution in [0.5, 0.6) is 17.2 Å². The summed E-state index contributed by atoms with van der Waals surface area (Å²) >= 11 is 0. The highest BCUT2D eigenvalue weighted by Crippen LogP contribution is 2.44. The largest absolute Gasteiger partial charge is 0.504 e. The van der Waals surface area contributed by atoms with Gasteiger partial charge in [0.25, 0.3) is 0 Å². The van der Waals surface area contributed by atoms with Crippen LogP contribution in [0.2, 0.25) is 0 Å². The van der Waals surface area contributed by atoms with Crippen LogP contribution >= 0.6 is 0 Å². The van der Waals surface area contributed by atoms with Gasteiger partial charge in [0.2, 0.25) is 6.29 Å². The van der Waals surface area contributed by atoms with E-state index in [-0.39, 0.29) is 39.4 Å². The first-order chi connectivity index (χ1) is 16.7.